The number of methoxy groups -OCH3 is 2. The highest BCUT2D eigenvalue weighted by Gasteiger charge is 2.27. The Morgan fingerprint density at radius 2 is 1.80 bits per heavy atom. The zero-order valence-corrected chi connectivity index (χ0v) is 14.2. The molecule has 0 amide bonds. The van der Waals surface area contributed by atoms with Crippen molar-refractivity contribution in [3.05, 3.63) is 76.9 Å². The Hall–Kier alpha value is -3.07. The molecule has 3 aromatic rings. The Morgan fingerprint density at radius 1 is 0.960 bits per heavy atom. The summed E-state index contributed by atoms with van der Waals surface area (Å²) in [4.78, 5) is 13.0. The fourth-order valence-electron chi connectivity index (χ4n) is 3.43. The van der Waals surface area contributed by atoms with Crippen molar-refractivity contribution in [2.24, 2.45) is 0 Å². The maximum atomic E-state index is 13.0. The molecule has 3 nitrogen and oxygen atoms in total. The molecule has 0 radical (unpaired) electrons. The molecule has 0 aromatic heterocycles. The van der Waals surface area contributed by atoms with E-state index in [1.165, 1.54) is 0 Å². The zero-order valence-electron chi connectivity index (χ0n) is 14.2. The van der Waals surface area contributed by atoms with Gasteiger partial charge in [0.15, 0.2) is 5.78 Å². The largest absolute Gasteiger partial charge is 0.497 e. The maximum Gasteiger partial charge on any atom is 0.190 e. The second-order valence-electron chi connectivity index (χ2n) is 6.10. The van der Waals surface area contributed by atoms with Gasteiger partial charge < -0.3 is 9.47 Å². The van der Waals surface area contributed by atoms with E-state index in [9.17, 15) is 4.79 Å². The van der Waals surface area contributed by atoms with Crippen LogP contribution in [0.5, 0.6) is 11.5 Å². The third kappa shape index (κ3) is 2.58. The summed E-state index contributed by atoms with van der Waals surface area (Å²) in [6.07, 6.45) is 2.55. The average Bonchev–Trinajstić information content (AvgIpc) is 2.97. The van der Waals surface area contributed by atoms with E-state index >= 15 is 0 Å². The fraction of sp³-hybridized carbons (Fsp3) is 0.136. The molecular weight excluding hydrogens is 312 g/mol. The van der Waals surface area contributed by atoms with Gasteiger partial charge in [0.2, 0.25) is 0 Å². The molecule has 0 aliphatic heterocycles. The van der Waals surface area contributed by atoms with Crippen LogP contribution >= 0.6 is 0 Å². The Balaban J connectivity index is 1.82. The predicted octanol–water partition coefficient (Wildman–Crippen LogP) is 4.68. The van der Waals surface area contributed by atoms with Crippen molar-refractivity contribution >= 4 is 22.6 Å². The van der Waals surface area contributed by atoms with Gasteiger partial charge in [-0.1, -0.05) is 36.4 Å². The molecule has 0 saturated carbocycles. The van der Waals surface area contributed by atoms with E-state index in [2.05, 4.69) is 12.1 Å². The van der Waals surface area contributed by atoms with E-state index in [1.54, 1.807) is 14.2 Å². The molecule has 1 aliphatic rings. The number of hydrogen-bond acceptors (Lipinski definition) is 3. The molecule has 1 aliphatic carbocycles. The van der Waals surface area contributed by atoms with Crippen LogP contribution in [0.2, 0.25) is 0 Å². The van der Waals surface area contributed by atoms with Crippen LogP contribution in [0.3, 0.4) is 0 Å². The number of rotatable bonds is 3. The number of ether oxygens (including phenoxy) is 2. The molecule has 124 valence electrons. The molecule has 0 unspecified atom stereocenters. The molecule has 4 rings (SSSR count). The van der Waals surface area contributed by atoms with Gasteiger partial charge in [-0.2, -0.15) is 0 Å². The zero-order chi connectivity index (χ0) is 17.4. The number of benzene rings is 3. The van der Waals surface area contributed by atoms with Gasteiger partial charge in [-0.3, -0.25) is 4.79 Å². The van der Waals surface area contributed by atoms with Crippen molar-refractivity contribution in [3.8, 4) is 11.5 Å². The highest BCUT2D eigenvalue weighted by molar-refractivity contribution is 6.22. The minimum absolute atomic E-state index is 0.0941. The lowest BCUT2D eigenvalue weighted by Gasteiger charge is -2.08. The lowest BCUT2D eigenvalue weighted by Crippen LogP contribution is -1.97. The minimum atomic E-state index is 0.0941. The first-order chi connectivity index (χ1) is 12.2. The van der Waals surface area contributed by atoms with Crippen molar-refractivity contribution in [3.63, 3.8) is 0 Å². The van der Waals surface area contributed by atoms with Crippen LogP contribution in [0.4, 0.5) is 0 Å². The van der Waals surface area contributed by atoms with Crippen molar-refractivity contribution in [1.82, 2.24) is 0 Å². The van der Waals surface area contributed by atoms with E-state index < -0.39 is 0 Å². The predicted molar refractivity (Wildman–Crippen MR) is 99.5 cm³/mol. The number of Topliss-reactive ketones (excluding diaryl/α,β-unsaturated/α-hetero) is 1. The molecule has 0 fully saturated rings. The Bertz CT molecular complexity index is 1010. The van der Waals surface area contributed by atoms with Crippen LogP contribution < -0.4 is 9.47 Å². The second-order valence-corrected chi connectivity index (χ2v) is 6.10. The lowest BCUT2D eigenvalue weighted by atomic mass is 10.0. The number of allylic oxidation sites excluding steroid dienone is 1. The summed E-state index contributed by atoms with van der Waals surface area (Å²) in [5.41, 5.74) is 3.53. The SMILES string of the molecule is COc1ccc(OC)c(/C=C2\Cc3ccc4ccccc4c3C2=O)c1. The van der Waals surface area contributed by atoms with Crippen molar-refractivity contribution in [2.75, 3.05) is 14.2 Å². The highest BCUT2D eigenvalue weighted by atomic mass is 16.5. The van der Waals surface area contributed by atoms with E-state index in [1.807, 2.05) is 48.5 Å². The number of ketones is 1. The standard InChI is InChI=1S/C22H18O3/c1-24-18-9-10-20(25-2)16(13-18)12-17-11-15-8-7-14-5-3-4-6-19(14)21(15)22(17)23/h3-10,12-13H,11H2,1-2H3/b17-12+. The van der Waals surface area contributed by atoms with Gasteiger partial charge in [0.1, 0.15) is 11.5 Å². The Kier molecular flexibility index (Phi) is 3.77. The average molecular weight is 330 g/mol. The number of fused-ring (bicyclic) bond motifs is 3. The maximum absolute atomic E-state index is 13.0. The Labute approximate surface area is 146 Å². The van der Waals surface area contributed by atoms with Gasteiger partial charge in [0.25, 0.3) is 0 Å². The smallest absolute Gasteiger partial charge is 0.190 e. The van der Waals surface area contributed by atoms with E-state index in [0.717, 1.165) is 44.5 Å². The van der Waals surface area contributed by atoms with Gasteiger partial charge in [0, 0.05) is 23.1 Å². The summed E-state index contributed by atoms with van der Waals surface area (Å²) < 4.78 is 10.7. The van der Waals surface area contributed by atoms with Crippen LogP contribution in [0.15, 0.2) is 60.2 Å². The van der Waals surface area contributed by atoms with Crippen molar-refractivity contribution in [1.29, 1.82) is 0 Å². The van der Waals surface area contributed by atoms with E-state index in [0.29, 0.717) is 6.42 Å². The molecule has 0 saturated heterocycles. The first-order valence-corrected chi connectivity index (χ1v) is 8.19. The molecule has 0 heterocycles. The second kappa shape index (κ2) is 6.10. The number of hydrogen-bond donors (Lipinski definition) is 0. The highest BCUT2D eigenvalue weighted by Crippen LogP contribution is 2.35. The van der Waals surface area contributed by atoms with Gasteiger partial charge >= 0.3 is 0 Å². The lowest BCUT2D eigenvalue weighted by molar-refractivity contribution is 0.104. The summed E-state index contributed by atoms with van der Waals surface area (Å²) in [6.45, 7) is 0. The summed E-state index contributed by atoms with van der Waals surface area (Å²) in [7, 11) is 3.25. The molecule has 3 heteroatoms. The molecule has 3 aromatic carbocycles. The number of carbonyl (C=O) groups excluding carboxylic acids is 1. The molecule has 0 atom stereocenters. The van der Waals surface area contributed by atoms with E-state index in [4.69, 9.17) is 9.47 Å². The molecule has 0 bridgehead atoms. The molecular formula is C22H18O3. The minimum Gasteiger partial charge on any atom is -0.497 e. The molecule has 25 heavy (non-hydrogen) atoms. The van der Waals surface area contributed by atoms with Crippen LogP contribution in [-0.4, -0.2) is 20.0 Å². The topological polar surface area (TPSA) is 35.5 Å². The van der Waals surface area contributed by atoms with Crippen molar-refractivity contribution < 1.29 is 14.3 Å². The molecule has 0 spiro atoms. The van der Waals surface area contributed by atoms with Crippen LogP contribution in [0.1, 0.15) is 21.5 Å². The fourth-order valence-corrected chi connectivity index (χ4v) is 3.43. The Morgan fingerprint density at radius 3 is 2.60 bits per heavy atom. The monoisotopic (exact) mass is 330 g/mol. The third-order valence-corrected chi connectivity index (χ3v) is 4.68. The summed E-state index contributed by atoms with van der Waals surface area (Å²) >= 11 is 0. The summed E-state index contributed by atoms with van der Waals surface area (Å²) in [5.74, 6) is 1.56. The van der Waals surface area contributed by atoms with Crippen LogP contribution in [0.25, 0.3) is 16.8 Å². The van der Waals surface area contributed by atoms with E-state index in [-0.39, 0.29) is 5.78 Å². The quantitative estimate of drug-likeness (QED) is 0.654. The normalized spacial score (nSPS) is 14.8. The van der Waals surface area contributed by atoms with Gasteiger partial charge in [-0.25, -0.2) is 0 Å². The van der Waals surface area contributed by atoms with Crippen LogP contribution in [-0.2, 0) is 6.42 Å². The number of carbonyl (C=O) groups is 1. The first kappa shape index (κ1) is 15.5. The van der Waals surface area contributed by atoms with Gasteiger partial charge in [-0.15, -0.1) is 0 Å². The first-order valence-electron chi connectivity index (χ1n) is 8.19. The molecule has 0 N–H and O–H groups in total. The summed E-state index contributed by atoms with van der Waals surface area (Å²) in [6, 6.07) is 17.7. The van der Waals surface area contributed by atoms with Gasteiger partial charge in [0.05, 0.1) is 14.2 Å². The summed E-state index contributed by atoms with van der Waals surface area (Å²) in [5, 5.41) is 2.11. The van der Waals surface area contributed by atoms with Gasteiger partial charge in [-0.05, 0) is 40.6 Å². The van der Waals surface area contributed by atoms with Crippen molar-refractivity contribution in [2.45, 2.75) is 6.42 Å². The van der Waals surface area contributed by atoms with Crippen LogP contribution in [0, 0.1) is 0 Å². The third-order valence-electron chi connectivity index (χ3n) is 4.68.